The molecule has 0 radical (unpaired) electrons. The van der Waals surface area contributed by atoms with Crippen LogP contribution in [0.3, 0.4) is 0 Å². The molecule has 0 heterocycles. The number of hydrogen-bond donors (Lipinski definition) is 2. The molecule has 7 heteroatoms. The Hall–Kier alpha value is 0.675. The molecule has 3 saturated carbocycles. The van der Waals surface area contributed by atoms with E-state index in [0.29, 0.717) is 12.3 Å². The topological polar surface area (TPSA) is 86.6 Å². The average Bonchev–Trinajstić information content (AvgIpc) is 2.42. The summed E-state index contributed by atoms with van der Waals surface area (Å²) in [4.78, 5) is 0. The summed E-state index contributed by atoms with van der Waals surface area (Å²) in [6.45, 7) is 5.90. The quantitative estimate of drug-likeness (QED) is 0.415. The number of unbranched alkanes of at least 4 members (excludes halogenated alkanes) is 1. The van der Waals surface area contributed by atoms with E-state index in [4.69, 9.17) is 11.6 Å². The summed E-state index contributed by atoms with van der Waals surface area (Å²) in [5, 5.41) is 40.7. The molecule has 0 aliphatic heterocycles. The van der Waals surface area contributed by atoms with E-state index in [9.17, 15) is 20.3 Å². The van der Waals surface area contributed by atoms with Crippen molar-refractivity contribution in [3.8, 4) is 0 Å². The molecule has 2 bridgehead atoms. The lowest BCUT2D eigenvalue weighted by molar-refractivity contribution is -0.349. The normalized spacial score (nSPS) is 36.7. The van der Waals surface area contributed by atoms with Crippen LogP contribution in [0.1, 0.15) is 59.3 Å². The molecule has 130 valence electrons. The maximum atomic E-state index is 10.2. The average molecular weight is 398 g/mol. The fraction of sp³-hybridized carbons (Fsp3) is 1.00. The number of alkyl halides is 2. The summed E-state index contributed by atoms with van der Waals surface area (Å²) >= 11 is 8.65. The second kappa shape index (κ2) is 7.71. The molecule has 2 N–H and O–H groups in total. The molecule has 0 saturated heterocycles. The van der Waals surface area contributed by atoms with Crippen molar-refractivity contribution in [1.29, 1.82) is 0 Å². The SMILES string of the molecule is CC1(O)CCC2CC1(O)C2(C)C.[O-]B([O-])[C@H](Cl)CCCCBr. The highest BCUT2D eigenvalue weighted by Gasteiger charge is 2.69. The molecular weight excluding hydrogens is 370 g/mol. The van der Waals surface area contributed by atoms with E-state index in [1.165, 1.54) is 0 Å². The van der Waals surface area contributed by atoms with Gasteiger partial charge in [-0.3, -0.25) is 0 Å². The predicted molar refractivity (Wildman–Crippen MR) is 89.7 cm³/mol. The Labute approximate surface area is 147 Å². The summed E-state index contributed by atoms with van der Waals surface area (Å²) in [7, 11) is -1.88. The van der Waals surface area contributed by atoms with E-state index in [2.05, 4.69) is 29.8 Å². The van der Waals surface area contributed by atoms with Gasteiger partial charge in [-0.2, -0.15) is 0 Å². The van der Waals surface area contributed by atoms with Crippen LogP contribution in [0, 0.1) is 11.3 Å². The molecule has 3 unspecified atom stereocenters. The second-order valence-corrected chi connectivity index (χ2v) is 8.72. The molecule has 0 aromatic carbocycles. The highest BCUT2D eigenvalue weighted by molar-refractivity contribution is 9.09. The van der Waals surface area contributed by atoms with Gasteiger partial charge in [-0.05, 0) is 55.6 Å². The van der Waals surface area contributed by atoms with Crippen molar-refractivity contribution >= 4 is 34.6 Å². The van der Waals surface area contributed by atoms with E-state index in [0.717, 1.165) is 37.4 Å². The molecule has 3 aliphatic carbocycles. The largest absolute Gasteiger partial charge is 0.892 e. The van der Waals surface area contributed by atoms with Crippen LogP contribution in [0.2, 0.25) is 0 Å². The van der Waals surface area contributed by atoms with Gasteiger partial charge in [0.1, 0.15) is 0 Å². The monoisotopic (exact) mass is 396 g/mol. The Morgan fingerprint density at radius 1 is 1.27 bits per heavy atom. The van der Waals surface area contributed by atoms with Gasteiger partial charge in [0.15, 0.2) is 0 Å². The third kappa shape index (κ3) is 4.01. The van der Waals surface area contributed by atoms with Crippen LogP contribution in [0.15, 0.2) is 0 Å². The summed E-state index contributed by atoms with van der Waals surface area (Å²) in [6, 6.07) is 0. The first-order valence-electron chi connectivity index (χ1n) is 7.96. The smallest absolute Gasteiger partial charge is 0.0986 e. The van der Waals surface area contributed by atoms with Gasteiger partial charge in [-0.25, -0.2) is 0 Å². The van der Waals surface area contributed by atoms with Crippen LogP contribution < -0.4 is 10.0 Å². The standard InChI is InChI=1S/C10H18O2.C5H9BBrClO2/c1-8(2)7-4-5-9(3,11)10(8,12)6-7;7-4-2-1-3-5(8)6(9)10/h7,11-12H,4-6H2,1-3H3;5H,1-4H2/q;-2/t;5-/m.1/s1. The lowest BCUT2D eigenvalue weighted by Crippen LogP contribution is -2.74. The minimum Gasteiger partial charge on any atom is -0.892 e. The Bertz CT molecular complexity index is 357. The Morgan fingerprint density at radius 3 is 2.23 bits per heavy atom. The fourth-order valence-electron chi connectivity index (χ4n) is 3.69. The van der Waals surface area contributed by atoms with Crippen molar-refractivity contribution in [2.75, 3.05) is 5.33 Å². The summed E-state index contributed by atoms with van der Waals surface area (Å²) in [6.07, 6.45) is 4.94. The van der Waals surface area contributed by atoms with Gasteiger partial charge < -0.3 is 20.3 Å². The molecule has 0 aromatic heterocycles. The highest BCUT2D eigenvalue weighted by atomic mass is 79.9. The Kier molecular flexibility index (Phi) is 7.26. The lowest BCUT2D eigenvalue weighted by atomic mass is 9.41. The molecule has 22 heavy (non-hydrogen) atoms. The van der Waals surface area contributed by atoms with Gasteiger partial charge in [0, 0.05) is 5.33 Å². The zero-order valence-corrected chi connectivity index (χ0v) is 16.0. The van der Waals surface area contributed by atoms with Crippen molar-refractivity contribution in [3.63, 3.8) is 0 Å². The number of halogens is 2. The number of aliphatic hydroxyl groups is 2. The summed E-state index contributed by atoms with van der Waals surface area (Å²) < 4.78 is 0. The maximum Gasteiger partial charge on any atom is 0.0986 e. The molecule has 3 rings (SSSR count). The van der Waals surface area contributed by atoms with Crippen LogP contribution in [0.5, 0.6) is 0 Å². The molecule has 3 fully saturated rings. The van der Waals surface area contributed by atoms with Crippen LogP contribution in [0.4, 0.5) is 0 Å². The first-order valence-corrected chi connectivity index (χ1v) is 9.52. The van der Waals surface area contributed by atoms with Crippen LogP contribution in [-0.4, -0.2) is 39.1 Å². The molecule has 3 aliphatic rings. The number of hydrogen-bond acceptors (Lipinski definition) is 4. The van der Waals surface area contributed by atoms with Crippen molar-refractivity contribution < 1.29 is 20.3 Å². The third-order valence-corrected chi connectivity index (χ3v) is 6.64. The molecule has 0 aromatic rings. The fourth-order valence-corrected chi connectivity index (χ4v) is 4.24. The second-order valence-electron chi connectivity index (χ2n) is 7.36. The summed E-state index contributed by atoms with van der Waals surface area (Å²) in [5.41, 5.74) is -1.79. The van der Waals surface area contributed by atoms with Crippen LogP contribution in [0.25, 0.3) is 0 Å². The molecular formula is C15H27BBrClO4-2. The number of fused-ring (bicyclic) bond motifs is 2. The van der Waals surface area contributed by atoms with E-state index in [-0.39, 0.29) is 5.41 Å². The first-order chi connectivity index (χ1) is 9.99. The minimum atomic E-state index is -1.88. The third-order valence-electron chi connectivity index (χ3n) is 5.66. The molecule has 0 amide bonds. The van der Waals surface area contributed by atoms with Gasteiger partial charge >= 0.3 is 0 Å². The van der Waals surface area contributed by atoms with Crippen molar-refractivity contribution in [2.24, 2.45) is 11.3 Å². The van der Waals surface area contributed by atoms with Gasteiger partial charge in [0.05, 0.1) is 11.2 Å². The van der Waals surface area contributed by atoms with Gasteiger partial charge in [-0.15, -0.1) is 11.6 Å². The van der Waals surface area contributed by atoms with E-state index >= 15 is 0 Å². The van der Waals surface area contributed by atoms with Gasteiger partial charge in [0.2, 0.25) is 0 Å². The zero-order valence-electron chi connectivity index (χ0n) is 13.6. The van der Waals surface area contributed by atoms with Crippen LogP contribution >= 0.6 is 27.5 Å². The highest BCUT2D eigenvalue weighted by Crippen LogP contribution is 2.65. The van der Waals surface area contributed by atoms with Gasteiger partial charge in [0.25, 0.3) is 0 Å². The minimum absolute atomic E-state index is 0.0885. The Morgan fingerprint density at radius 2 is 1.86 bits per heavy atom. The van der Waals surface area contributed by atoms with Crippen molar-refractivity contribution in [1.82, 2.24) is 0 Å². The van der Waals surface area contributed by atoms with Crippen molar-refractivity contribution in [2.45, 2.75) is 75.8 Å². The van der Waals surface area contributed by atoms with E-state index in [1.54, 1.807) is 6.92 Å². The molecule has 0 spiro atoms. The molecule has 4 atom stereocenters. The molecule has 4 nitrogen and oxygen atoms in total. The van der Waals surface area contributed by atoms with E-state index in [1.807, 2.05) is 0 Å². The van der Waals surface area contributed by atoms with Crippen LogP contribution in [-0.2, 0) is 0 Å². The predicted octanol–water partition coefficient (Wildman–Crippen LogP) is 1.22. The first kappa shape index (κ1) is 20.7. The summed E-state index contributed by atoms with van der Waals surface area (Å²) in [5.74, 6) is 0.614. The maximum absolute atomic E-state index is 10.2. The zero-order chi connectivity index (χ0) is 17.2. The van der Waals surface area contributed by atoms with E-state index < -0.39 is 23.6 Å². The lowest BCUT2D eigenvalue weighted by Gasteiger charge is -2.68. The Balaban J connectivity index is 0.000000225. The van der Waals surface area contributed by atoms with Gasteiger partial charge in [-0.1, -0.05) is 43.3 Å². The van der Waals surface area contributed by atoms with Crippen molar-refractivity contribution in [3.05, 3.63) is 0 Å². The number of rotatable bonds is 5.